The summed E-state index contributed by atoms with van der Waals surface area (Å²) >= 11 is 5.95. The first kappa shape index (κ1) is 14.5. The topological polar surface area (TPSA) is 86.5 Å². The SMILES string of the molecule is CC(=O)OCc1nc(Cl)cc2c1c(OCCO)nn2C. The van der Waals surface area contributed by atoms with Gasteiger partial charge in [0.2, 0.25) is 5.88 Å². The van der Waals surface area contributed by atoms with E-state index in [1.54, 1.807) is 17.8 Å². The van der Waals surface area contributed by atoms with Crippen LogP contribution in [0.2, 0.25) is 5.15 Å². The molecular weight excluding hydrogens is 286 g/mol. The van der Waals surface area contributed by atoms with Crippen LogP contribution in [0.5, 0.6) is 5.88 Å². The fraction of sp³-hybridized carbons (Fsp3) is 0.417. The molecule has 0 saturated carbocycles. The highest BCUT2D eigenvalue weighted by Gasteiger charge is 2.17. The van der Waals surface area contributed by atoms with Gasteiger partial charge in [0.25, 0.3) is 0 Å². The third kappa shape index (κ3) is 3.00. The van der Waals surface area contributed by atoms with E-state index in [1.807, 2.05) is 0 Å². The first-order chi connectivity index (χ1) is 9.52. The zero-order chi connectivity index (χ0) is 14.7. The molecule has 108 valence electrons. The Labute approximate surface area is 120 Å². The summed E-state index contributed by atoms with van der Waals surface area (Å²) in [6, 6.07) is 1.65. The van der Waals surface area contributed by atoms with E-state index in [0.29, 0.717) is 22.5 Å². The smallest absolute Gasteiger partial charge is 0.303 e. The number of aryl methyl sites for hydroxylation is 1. The minimum atomic E-state index is -0.415. The van der Waals surface area contributed by atoms with Gasteiger partial charge in [0.1, 0.15) is 18.4 Å². The number of ether oxygens (including phenoxy) is 2. The molecule has 0 spiro atoms. The van der Waals surface area contributed by atoms with E-state index in [1.165, 1.54) is 6.92 Å². The summed E-state index contributed by atoms with van der Waals surface area (Å²) < 4.78 is 11.9. The maximum Gasteiger partial charge on any atom is 0.303 e. The second-order valence-corrected chi connectivity index (χ2v) is 4.45. The quantitative estimate of drug-likeness (QED) is 0.656. The van der Waals surface area contributed by atoms with Gasteiger partial charge in [0.15, 0.2) is 0 Å². The van der Waals surface area contributed by atoms with Crippen LogP contribution in [-0.2, 0) is 23.2 Å². The molecular formula is C12H14ClN3O4. The lowest BCUT2D eigenvalue weighted by Crippen LogP contribution is -2.04. The molecule has 0 aliphatic carbocycles. The fourth-order valence-corrected chi connectivity index (χ4v) is 2.00. The van der Waals surface area contributed by atoms with Crippen LogP contribution in [0.25, 0.3) is 10.9 Å². The number of hydrogen-bond acceptors (Lipinski definition) is 6. The first-order valence-corrected chi connectivity index (χ1v) is 6.30. The van der Waals surface area contributed by atoms with Gasteiger partial charge < -0.3 is 14.6 Å². The Hall–Kier alpha value is -1.86. The fourth-order valence-electron chi connectivity index (χ4n) is 1.80. The van der Waals surface area contributed by atoms with Gasteiger partial charge in [0, 0.05) is 20.0 Å². The first-order valence-electron chi connectivity index (χ1n) is 5.92. The van der Waals surface area contributed by atoms with Gasteiger partial charge in [-0.1, -0.05) is 11.6 Å². The number of hydrogen-bond donors (Lipinski definition) is 1. The van der Waals surface area contributed by atoms with Crippen molar-refractivity contribution in [2.45, 2.75) is 13.5 Å². The molecule has 0 saturated heterocycles. The average molecular weight is 300 g/mol. The molecule has 0 aliphatic heterocycles. The summed E-state index contributed by atoms with van der Waals surface area (Å²) in [6.07, 6.45) is 0. The molecule has 0 bridgehead atoms. The number of esters is 1. The molecule has 0 fully saturated rings. The van der Waals surface area contributed by atoms with Crippen molar-refractivity contribution in [2.24, 2.45) is 7.05 Å². The lowest BCUT2D eigenvalue weighted by molar-refractivity contribution is -0.142. The number of carbonyl (C=O) groups is 1. The molecule has 1 N–H and O–H groups in total. The van der Waals surface area contributed by atoms with Crippen LogP contribution < -0.4 is 4.74 Å². The van der Waals surface area contributed by atoms with Gasteiger partial charge in [-0.25, -0.2) is 4.98 Å². The predicted molar refractivity (Wildman–Crippen MR) is 71.6 cm³/mol. The molecule has 0 aromatic carbocycles. The number of aliphatic hydroxyl groups is 1. The summed E-state index contributed by atoms with van der Waals surface area (Å²) in [5.41, 5.74) is 1.17. The van der Waals surface area contributed by atoms with E-state index in [4.69, 9.17) is 26.2 Å². The number of fused-ring (bicyclic) bond motifs is 1. The zero-order valence-corrected chi connectivity index (χ0v) is 11.8. The van der Waals surface area contributed by atoms with E-state index in [0.717, 1.165) is 0 Å². The molecule has 2 heterocycles. The Bertz CT molecular complexity index is 641. The summed E-state index contributed by atoms with van der Waals surface area (Å²) in [7, 11) is 1.74. The minimum Gasteiger partial charge on any atom is -0.474 e. The molecule has 2 aromatic rings. The van der Waals surface area contributed by atoms with Crippen LogP contribution in [0, 0.1) is 0 Å². The normalized spacial score (nSPS) is 10.8. The predicted octanol–water partition coefficient (Wildman–Crippen LogP) is 1.06. The number of aromatic nitrogens is 3. The second kappa shape index (κ2) is 6.06. The highest BCUT2D eigenvalue weighted by atomic mass is 35.5. The summed E-state index contributed by atoms with van der Waals surface area (Å²) in [6.45, 7) is 1.28. The molecule has 2 rings (SSSR count). The molecule has 0 atom stereocenters. The monoisotopic (exact) mass is 299 g/mol. The molecule has 2 aromatic heterocycles. The van der Waals surface area contributed by atoms with Crippen molar-refractivity contribution in [3.63, 3.8) is 0 Å². The summed E-state index contributed by atoms with van der Waals surface area (Å²) in [5.74, 6) is -0.0930. The maximum atomic E-state index is 10.9. The molecule has 0 aliphatic rings. The molecule has 0 unspecified atom stereocenters. The molecule has 8 heteroatoms. The molecule has 0 radical (unpaired) electrons. The van der Waals surface area contributed by atoms with E-state index < -0.39 is 5.97 Å². The van der Waals surface area contributed by atoms with Crippen molar-refractivity contribution in [3.8, 4) is 5.88 Å². The van der Waals surface area contributed by atoms with Crippen molar-refractivity contribution in [1.82, 2.24) is 14.8 Å². The summed E-state index contributed by atoms with van der Waals surface area (Å²) in [4.78, 5) is 15.1. The number of halogens is 1. The highest BCUT2D eigenvalue weighted by Crippen LogP contribution is 2.29. The van der Waals surface area contributed by atoms with Crippen molar-refractivity contribution < 1.29 is 19.4 Å². The third-order valence-electron chi connectivity index (χ3n) is 2.59. The Morgan fingerprint density at radius 1 is 1.55 bits per heavy atom. The number of carbonyl (C=O) groups excluding carboxylic acids is 1. The van der Waals surface area contributed by atoms with Crippen molar-refractivity contribution >= 4 is 28.5 Å². The van der Waals surface area contributed by atoms with Crippen molar-refractivity contribution in [3.05, 3.63) is 16.9 Å². The van der Waals surface area contributed by atoms with Crippen LogP contribution in [0.1, 0.15) is 12.6 Å². The lowest BCUT2D eigenvalue weighted by atomic mass is 10.2. The number of aliphatic hydroxyl groups excluding tert-OH is 1. The van der Waals surface area contributed by atoms with Gasteiger partial charge in [-0.05, 0) is 0 Å². The molecule has 7 nitrogen and oxygen atoms in total. The van der Waals surface area contributed by atoms with Crippen molar-refractivity contribution in [1.29, 1.82) is 0 Å². The number of nitrogens with zero attached hydrogens (tertiary/aromatic N) is 3. The second-order valence-electron chi connectivity index (χ2n) is 4.07. The molecule has 0 amide bonds. The van der Waals surface area contributed by atoms with E-state index in [-0.39, 0.29) is 25.0 Å². The Balaban J connectivity index is 2.49. The third-order valence-corrected chi connectivity index (χ3v) is 2.78. The highest BCUT2D eigenvalue weighted by molar-refractivity contribution is 6.30. The Morgan fingerprint density at radius 3 is 2.95 bits per heavy atom. The van der Waals surface area contributed by atoms with E-state index in [2.05, 4.69) is 10.1 Å². The van der Waals surface area contributed by atoms with Gasteiger partial charge in [-0.15, -0.1) is 5.10 Å². The van der Waals surface area contributed by atoms with Crippen LogP contribution in [0.15, 0.2) is 6.07 Å². The molecule has 20 heavy (non-hydrogen) atoms. The standard InChI is InChI=1S/C12H14ClN3O4/c1-7(18)20-6-8-11-9(5-10(13)14-8)16(2)15-12(11)19-4-3-17/h5,17H,3-4,6H2,1-2H3. The lowest BCUT2D eigenvalue weighted by Gasteiger charge is -2.06. The van der Waals surface area contributed by atoms with Crippen LogP contribution in [-0.4, -0.2) is 39.1 Å². The Morgan fingerprint density at radius 2 is 2.30 bits per heavy atom. The van der Waals surface area contributed by atoms with E-state index in [9.17, 15) is 4.79 Å². The van der Waals surface area contributed by atoms with Gasteiger partial charge in [-0.2, -0.15) is 0 Å². The van der Waals surface area contributed by atoms with Crippen LogP contribution >= 0.6 is 11.6 Å². The van der Waals surface area contributed by atoms with E-state index >= 15 is 0 Å². The Kier molecular flexibility index (Phi) is 4.41. The average Bonchev–Trinajstić information content (AvgIpc) is 2.70. The zero-order valence-electron chi connectivity index (χ0n) is 11.1. The van der Waals surface area contributed by atoms with Crippen molar-refractivity contribution in [2.75, 3.05) is 13.2 Å². The van der Waals surface area contributed by atoms with Crippen LogP contribution in [0.4, 0.5) is 0 Å². The number of pyridine rings is 1. The largest absolute Gasteiger partial charge is 0.474 e. The van der Waals surface area contributed by atoms with Gasteiger partial charge >= 0.3 is 5.97 Å². The minimum absolute atomic E-state index is 0.0203. The number of rotatable bonds is 5. The van der Waals surface area contributed by atoms with Crippen LogP contribution in [0.3, 0.4) is 0 Å². The van der Waals surface area contributed by atoms with Gasteiger partial charge in [0.05, 0.1) is 23.2 Å². The summed E-state index contributed by atoms with van der Waals surface area (Å²) in [5, 5.41) is 13.9. The van der Waals surface area contributed by atoms with Gasteiger partial charge in [-0.3, -0.25) is 9.48 Å². The maximum absolute atomic E-state index is 10.9.